The zero-order valence-electron chi connectivity index (χ0n) is 17.8. The lowest BCUT2D eigenvalue weighted by molar-refractivity contribution is -0.158. The van der Waals surface area contributed by atoms with E-state index >= 15 is 0 Å². The molecule has 2 heterocycles. The monoisotopic (exact) mass is 412 g/mol. The molecular weight excluding hydrogens is 384 g/mol. The number of ether oxygens (including phenoxy) is 1. The van der Waals surface area contributed by atoms with E-state index in [2.05, 4.69) is 11.8 Å². The highest BCUT2D eigenvalue weighted by Crippen LogP contribution is 2.52. The predicted molar refractivity (Wildman–Crippen MR) is 110 cm³/mol. The molecule has 0 N–H and O–H groups in total. The van der Waals surface area contributed by atoms with Gasteiger partial charge in [-0.1, -0.05) is 19.8 Å². The van der Waals surface area contributed by atoms with E-state index in [1.54, 1.807) is 24.3 Å². The van der Waals surface area contributed by atoms with E-state index in [1.807, 2.05) is 6.92 Å². The lowest BCUT2D eigenvalue weighted by Gasteiger charge is -2.59. The summed E-state index contributed by atoms with van der Waals surface area (Å²) in [7, 11) is 1.30. The minimum absolute atomic E-state index is 0.109. The molecule has 0 aromatic heterocycles. The first-order valence-corrected chi connectivity index (χ1v) is 10.6. The fourth-order valence-corrected chi connectivity index (χ4v) is 5.63. The summed E-state index contributed by atoms with van der Waals surface area (Å²) in [6, 6.07) is 5.73. The lowest BCUT2D eigenvalue weighted by atomic mass is 9.57. The van der Waals surface area contributed by atoms with Crippen molar-refractivity contribution in [2.45, 2.75) is 64.0 Å². The van der Waals surface area contributed by atoms with Crippen molar-refractivity contribution in [3.63, 3.8) is 0 Å². The van der Waals surface area contributed by atoms with Crippen LogP contribution in [0.5, 0.6) is 0 Å². The highest BCUT2D eigenvalue weighted by atomic mass is 16.5. The topological polar surface area (TPSA) is 84.0 Å². The number of piperidine rings is 1. The highest BCUT2D eigenvalue weighted by Gasteiger charge is 2.60. The Morgan fingerprint density at radius 1 is 1.07 bits per heavy atom. The summed E-state index contributed by atoms with van der Waals surface area (Å²) >= 11 is 0. The molecule has 1 aromatic carbocycles. The van der Waals surface area contributed by atoms with Crippen molar-refractivity contribution in [2.75, 3.05) is 18.6 Å². The van der Waals surface area contributed by atoms with Crippen molar-refractivity contribution in [3.05, 3.63) is 29.8 Å². The van der Waals surface area contributed by atoms with E-state index in [0.29, 0.717) is 24.2 Å². The van der Waals surface area contributed by atoms with Gasteiger partial charge in [0.1, 0.15) is 5.78 Å². The number of likely N-dealkylation sites (tertiary alicyclic amines) is 1. The van der Waals surface area contributed by atoms with E-state index in [0.717, 1.165) is 25.7 Å². The molecule has 3 aliphatic rings. The quantitative estimate of drug-likeness (QED) is 0.561. The molecule has 1 saturated carbocycles. The Kier molecular flexibility index (Phi) is 5.04. The summed E-state index contributed by atoms with van der Waals surface area (Å²) in [6.45, 7) is 4.63. The summed E-state index contributed by atoms with van der Waals surface area (Å²) in [5.41, 5.74) is -0.101. The number of rotatable bonds is 3. The second kappa shape index (κ2) is 7.30. The third kappa shape index (κ3) is 2.90. The maximum atomic E-state index is 13.4. The molecule has 2 saturated heterocycles. The summed E-state index contributed by atoms with van der Waals surface area (Å²) in [5.74, 6) is -0.711. The molecule has 1 aromatic rings. The van der Waals surface area contributed by atoms with Crippen molar-refractivity contribution in [1.29, 1.82) is 0 Å². The van der Waals surface area contributed by atoms with Crippen LogP contribution in [-0.2, 0) is 19.1 Å². The van der Waals surface area contributed by atoms with Crippen molar-refractivity contribution >= 4 is 29.3 Å². The van der Waals surface area contributed by atoms with Gasteiger partial charge < -0.3 is 4.74 Å². The smallest absolute Gasteiger partial charge is 0.337 e. The molecule has 7 nitrogen and oxygen atoms in total. The molecule has 3 unspecified atom stereocenters. The van der Waals surface area contributed by atoms with E-state index in [1.165, 1.54) is 12.0 Å². The number of hydrogen-bond donors (Lipinski definition) is 0. The van der Waals surface area contributed by atoms with Crippen LogP contribution in [0.2, 0.25) is 0 Å². The van der Waals surface area contributed by atoms with Gasteiger partial charge in [-0.3, -0.25) is 19.3 Å². The third-order valence-electron chi connectivity index (χ3n) is 7.65. The zero-order chi connectivity index (χ0) is 21.7. The van der Waals surface area contributed by atoms with Crippen LogP contribution >= 0.6 is 0 Å². The molecule has 1 aliphatic carbocycles. The second-order valence-corrected chi connectivity index (χ2v) is 9.01. The van der Waals surface area contributed by atoms with Gasteiger partial charge >= 0.3 is 5.97 Å². The Labute approximate surface area is 176 Å². The standard InChI is InChI=1S/C23H28N2O5/c1-22-11-4-5-12-23(22,2)24(13-10-18(22)26)17-14-19(27)25(20(17)28)16-8-6-15(7-9-16)21(29)30-3/h6-9,17H,4-5,10-14H2,1-3H3. The van der Waals surface area contributed by atoms with Gasteiger partial charge in [0.2, 0.25) is 5.91 Å². The molecule has 3 atom stereocenters. The minimum Gasteiger partial charge on any atom is -0.465 e. The van der Waals surface area contributed by atoms with Crippen LogP contribution in [0, 0.1) is 5.41 Å². The molecule has 0 radical (unpaired) electrons. The number of Topliss-reactive ketones (excluding diaryl/α,β-unsaturated/α-hetero) is 1. The molecular formula is C23H28N2O5. The maximum absolute atomic E-state index is 13.4. The Hall–Kier alpha value is -2.54. The Morgan fingerprint density at radius 2 is 1.73 bits per heavy atom. The minimum atomic E-state index is -0.562. The Bertz CT molecular complexity index is 911. The number of ketones is 1. The molecule has 7 heteroatoms. The summed E-state index contributed by atoms with van der Waals surface area (Å²) < 4.78 is 4.70. The van der Waals surface area contributed by atoms with Crippen molar-refractivity contribution in [2.24, 2.45) is 5.41 Å². The first kappa shape index (κ1) is 20.7. The number of carbonyl (C=O) groups is 4. The summed E-state index contributed by atoms with van der Waals surface area (Å²) in [5, 5.41) is 0. The van der Waals surface area contributed by atoms with Crippen molar-refractivity contribution in [1.82, 2.24) is 4.90 Å². The summed E-state index contributed by atoms with van der Waals surface area (Å²) in [6.07, 6.45) is 4.23. The van der Waals surface area contributed by atoms with Crippen LogP contribution in [0.15, 0.2) is 24.3 Å². The fourth-order valence-electron chi connectivity index (χ4n) is 5.63. The molecule has 2 aliphatic heterocycles. The fraction of sp³-hybridized carbons (Fsp3) is 0.565. The third-order valence-corrected chi connectivity index (χ3v) is 7.65. The van der Waals surface area contributed by atoms with E-state index in [-0.39, 0.29) is 24.0 Å². The van der Waals surface area contributed by atoms with Gasteiger partial charge in [0, 0.05) is 23.9 Å². The van der Waals surface area contributed by atoms with Crippen LogP contribution in [0.1, 0.15) is 62.7 Å². The first-order valence-electron chi connectivity index (χ1n) is 10.6. The van der Waals surface area contributed by atoms with Gasteiger partial charge in [-0.25, -0.2) is 9.69 Å². The molecule has 4 rings (SSSR count). The molecule has 2 amide bonds. The van der Waals surface area contributed by atoms with Gasteiger partial charge in [-0.2, -0.15) is 0 Å². The van der Waals surface area contributed by atoms with Gasteiger partial charge in [0.05, 0.1) is 30.8 Å². The second-order valence-electron chi connectivity index (χ2n) is 9.01. The number of anilines is 1. The molecule has 160 valence electrons. The van der Waals surface area contributed by atoms with Crippen molar-refractivity contribution in [3.8, 4) is 0 Å². The number of fused-ring (bicyclic) bond motifs is 1. The van der Waals surface area contributed by atoms with Gasteiger partial charge in [-0.15, -0.1) is 0 Å². The molecule has 3 fully saturated rings. The lowest BCUT2D eigenvalue weighted by Crippen LogP contribution is -2.68. The number of nitrogens with zero attached hydrogens (tertiary/aromatic N) is 2. The van der Waals surface area contributed by atoms with Crippen LogP contribution in [0.25, 0.3) is 0 Å². The van der Waals surface area contributed by atoms with E-state index in [4.69, 9.17) is 4.74 Å². The van der Waals surface area contributed by atoms with Gasteiger partial charge in [-0.05, 0) is 44.0 Å². The number of carbonyl (C=O) groups excluding carboxylic acids is 4. The highest BCUT2D eigenvalue weighted by molar-refractivity contribution is 6.22. The molecule has 30 heavy (non-hydrogen) atoms. The van der Waals surface area contributed by atoms with Gasteiger partial charge in [0.25, 0.3) is 5.91 Å². The number of methoxy groups -OCH3 is 1. The van der Waals surface area contributed by atoms with Crippen LogP contribution in [0.3, 0.4) is 0 Å². The SMILES string of the molecule is COC(=O)c1ccc(N2C(=O)CC(N3CCC(=O)C4(C)CCCCC34C)C2=O)cc1. The van der Waals surface area contributed by atoms with Gasteiger partial charge in [0.15, 0.2) is 0 Å². The van der Waals surface area contributed by atoms with Crippen LogP contribution < -0.4 is 4.90 Å². The van der Waals surface area contributed by atoms with E-state index < -0.39 is 23.0 Å². The number of amides is 2. The largest absolute Gasteiger partial charge is 0.465 e. The van der Waals surface area contributed by atoms with Crippen LogP contribution in [0.4, 0.5) is 5.69 Å². The first-order chi connectivity index (χ1) is 14.2. The predicted octanol–water partition coefficient (Wildman–Crippen LogP) is 2.72. The van der Waals surface area contributed by atoms with Crippen molar-refractivity contribution < 1.29 is 23.9 Å². The normalized spacial score (nSPS) is 32.3. The number of benzene rings is 1. The Balaban J connectivity index is 1.62. The van der Waals surface area contributed by atoms with Crippen LogP contribution in [-0.4, -0.2) is 53.7 Å². The summed E-state index contributed by atoms with van der Waals surface area (Å²) in [4.78, 5) is 54.1. The number of esters is 1. The molecule has 0 bridgehead atoms. The number of imide groups is 1. The Morgan fingerprint density at radius 3 is 2.40 bits per heavy atom. The maximum Gasteiger partial charge on any atom is 0.337 e. The average molecular weight is 412 g/mol. The zero-order valence-corrected chi connectivity index (χ0v) is 17.8. The number of hydrogen-bond acceptors (Lipinski definition) is 6. The average Bonchev–Trinajstić information content (AvgIpc) is 3.03. The van der Waals surface area contributed by atoms with E-state index in [9.17, 15) is 19.2 Å². The molecule has 0 spiro atoms.